The number of carboxylic acid groups (broad SMARTS) is 1. The molecular weight excluding hydrogens is 272 g/mol. The van der Waals surface area contributed by atoms with Crippen molar-refractivity contribution in [3.63, 3.8) is 0 Å². The minimum atomic E-state index is -0.762. The van der Waals surface area contributed by atoms with Gasteiger partial charge in [-0.1, -0.05) is 12.8 Å². The summed E-state index contributed by atoms with van der Waals surface area (Å²) in [6, 6.07) is 1.87. The molecule has 0 aliphatic heterocycles. The van der Waals surface area contributed by atoms with E-state index in [9.17, 15) is 9.90 Å². The maximum absolute atomic E-state index is 11.7. The van der Waals surface area contributed by atoms with Crippen LogP contribution in [-0.2, 0) is 11.3 Å². The summed E-state index contributed by atoms with van der Waals surface area (Å²) in [4.78, 5) is 11.7. The lowest BCUT2D eigenvalue weighted by atomic mass is 9.86. The Morgan fingerprint density at radius 3 is 2.71 bits per heavy atom. The Bertz CT molecular complexity index is 668. The predicted molar refractivity (Wildman–Crippen MR) is 73.5 cm³/mol. The molecule has 7 heteroatoms. The molecule has 0 aromatic carbocycles. The van der Waals surface area contributed by atoms with Crippen LogP contribution < -0.4 is 0 Å². The van der Waals surface area contributed by atoms with E-state index >= 15 is 0 Å². The third-order valence-corrected chi connectivity index (χ3v) is 4.28. The summed E-state index contributed by atoms with van der Waals surface area (Å²) < 4.78 is 7.10. The van der Waals surface area contributed by atoms with Gasteiger partial charge >= 0.3 is 5.97 Å². The van der Waals surface area contributed by atoms with Crippen LogP contribution in [0.1, 0.15) is 37.2 Å². The van der Waals surface area contributed by atoms with Gasteiger partial charge in [0.15, 0.2) is 5.82 Å². The molecule has 1 N–H and O–H groups in total. The number of hydrogen-bond donors (Lipinski definition) is 1. The molecule has 0 atom stereocenters. The van der Waals surface area contributed by atoms with Gasteiger partial charge in [0.25, 0.3) is 0 Å². The van der Waals surface area contributed by atoms with Crippen LogP contribution in [0.25, 0.3) is 11.4 Å². The monoisotopic (exact) mass is 290 g/mol. The number of furan rings is 1. The molecule has 1 aliphatic carbocycles. The fraction of sp³-hybridized carbons (Fsp3) is 0.571. The quantitative estimate of drug-likeness (QED) is 0.927. The average molecular weight is 290 g/mol. The molecule has 1 saturated carbocycles. The molecule has 21 heavy (non-hydrogen) atoms. The van der Waals surface area contributed by atoms with E-state index in [4.69, 9.17) is 4.42 Å². The molecule has 0 unspecified atom stereocenters. The summed E-state index contributed by atoms with van der Waals surface area (Å²) in [5.74, 6) is 1.32. The van der Waals surface area contributed by atoms with Crippen molar-refractivity contribution in [1.82, 2.24) is 20.2 Å². The van der Waals surface area contributed by atoms with Crippen molar-refractivity contribution in [2.75, 3.05) is 0 Å². The second-order valence-corrected chi connectivity index (χ2v) is 5.78. The van der Waals surface area contributed by atoms with Gasteiger partial charge in [-0.25, -0.2) is 4.68 Å². The molecule has 2 aromatic heterocycles. The summed E-state index contributed by atoms with van der Waals surface area (Å²) in [6.45, 7) is 4.01. The van der Waals surface area contributed by atoms with Crippen LogP contribution >= 0.6 is 0 Å². The lowest BCUT2D eigenvalue weighted by Gasteiger charge is -2.23. The third kappa shape index (κ3) is 2.32. The lowest BCUT2D eigenvalue weighted by molar-refractivity contribution is -0.149. The van der Waals surface area contributed by atoms with Gasteiger partial charge < -0.3 is 9.52 Å². The van der Waals surface area contributed by atoms with Crippen LogP contribution in [-0.4, -0.2) is 31.3 Å². The van der Waals surface area contributed by atoms with Crippen LogP contribution in [0.4, 0.5) is 0 Å². The number of aliphatic carboxylic acids is 1. The van der Waals surface area contributed by atoms with Crippen molar-refractivity contribution >= 4 is 5.97 Å². The first-order valence-electron chi connectivity index (χ1n) is 7.09. The van der Waals surface area contributed by atoms with Crippen LogP contribution in [0.2, 0.25) is 0 Å². The number of aryl methyl sites for hydroxylation is 2. The Balaban J connectivity index is 1.96. The Hall–Kier alpha value is -2.18. The number of aromatic nitrogens is 4. The van der Waals surface area contributed by atoms with Crippen LogP contribution in [0, 0.1) is 19.3 Å². The SMILES string of the molecule is Cc1cc(-c2nnnn2CC2(C(=O)O)CCCC2)c(C)o1. The normalized spacial score (nSPS) is 17.2. The fourth-order valence-electron chi connectivity index (χ4n) is 3.13. The maximum atomic E-state index is 11.7. The highest BCUT2D eigenvalue weighted by molar-refractivity contribution is 5.75. The first kappa shape index (κ1) is 13.8. The molecule has 1 aliphatic rings. The molecule has 0 spiro atoms. The highest BCUT2D eigenvalue weighted by atomic mass is 16.4. The van der Waals surface area contributed by atoms with Crippen LogP contribution in [0.15, 0.2) is 10.5 Å². The van der Waals surface area contributed by atoms with E-state index in [0.29, 0.717) is 25.2 Å². The van der Waals surface area contributed by atoms with E-state index < -0.39 is 11.4 Å². The maximum Gasteiger partial charge on any atom is 0.311 e. The zero-order valence-corrected chi connectivity index (χ0v) is 12.2. The number of tetrazole rings is 1. The van der Waals surface area contributed by atoms with Gasteiger partial charge in [-0.15, -0.1) is 5.10 Å². The van der Waals surface area contributed by atoms with E-state index in [0.717, 1.165) is 29.9 Å². The summed E-state index contributed by atoms with van der Waals surface area (Å²) in [7, 11) is 0. The number of rotatable bonds is 4. The Kier molecular flexibility index (Phi) is 3.27. The second kappa shape index (κ2) is 4.98. The average Bonchev–Trinajstić information content (AvgIpc) is 3.11. The largest absolute Gasteiger partial charge is 0.481 e. The van der Waals surface area contributed by atoms with Gasteiger partial charge in [0.2, 0.25) is 0 Å². The van der Waals surface area contributed by atoms with Gasteiger partial charge in [-0.3, -0.25) is 4.79 Å². The van der Waals surface area contributed by atoms with E-state index in [1.807, 2.05) is 19.9 Å². The topological polar surface area (TPSA) is 94.0 Å². The number of nitrogens with zero attached hydrogens (tertiary/aromatic N) is 4. The molecule has 0 amide bonds. The number of carboxylic acids is 1. The molecule has 3 rings (SSSR count). The predicted octanol–water partition coefficient (Wildman–Crippen LogP) is 2.19. The summed E-state index contributed by atoms with van der Waals surface area (Å²) in [6.07, 6.45) is 3.22. The van der Waals surface area contributed by atoms with Gasteiger partial charge in [0, 0.05) is 0 Å². The smallest absolute Gasteiger partial charge is 0.311 e. The van der Waals surface area contributed by atoms with Crippen molar-refractivity contribution in [1.29, 1.82) is 0 Å². The standard InChI is InChI=1S/C14H18N4O3/c1-9-7-11(10(2)21-9)12-15-16-17-18(12)8-14(13(19)20)5-3-4-6-14/h7H,3-6,8H2,1-2H3,(H,19,20). The molecule has 1 fully saturated rings. The molecule has 7 nitrogen and oxygen atoms in total. The number of carbonyl (C=O) groups is 1. The Morgan fingerprint density at radius 2 is 2.14 bits per heavy atom. The molecule has 2 heterocycles. The van der Waals surface area contributed by atoms with Gasteiger partial charge in [0.05, 0.1) is 17.5 Å². The Labute approximate surface area is 122 Å². The van der Waals surface area contributed by atoms with Crippen molar-refractivity contribution in [2.24, 2.45) is 5.41 Å². The fourth-order valence-corrected chi connectivity index (χ4v) is 3.13. The molecule has 0 radical (unpaired) electrons. The van der Waals surface area contributed by atoms with E-state index in [2.05, 4.69) is 15.5 Å². The van der Waals surface area contributed by atoms with Gasteiger partial charge in [-0.05, 0) is 43.2 Å². The summed E-state index contributed by atoms with van der Waals surface area (Å²) in [5.41, 5.74) is 0.0626. The molecule has 2 aromatic rings. The number of hydrogen-bond acceptors (Lipinski definition) is 5. The zero-order valence-electron chi connectivity index (χ0n) is 12.2. The minimum Gasteiger partial charge on any atom is -0.481 e. The van der Waals surface area contributed by atoms with Crippen molar-refractivity contribution in [3.8, 4) is 11.4 Å². The van der Waals surface area contributed by atoms with E-state index in [1.54, 1.807) is 4.68 Å². The van der Waals surface area contributed by atoms with Gasteiger partial charge in [-0.2, -0.15) is 0 Å². The highest BCUT2D eigenvalue weighted by Crippen LogP contribution is 2.40. The first-order chi connectivity index (χ1) is 10.0. The third-order valence-electron chi connectivity index (χ3n) is 4.28. The zero-order chi connectivity index (χ0) is 15.0. The lowest BCUT2D eigenvalue weighted by Crippen LogP contribution is -2.33. The Morgan fingerprint density at radius 1 is 1.43 bits per heavy atom. The first-order valence-corrected chi connectivity index (χ1v) is 7.09. The van der Waals surface area contributed by atoms with Crippen molar-refractivity contribution in [2.45, 2.75) is 46.1 Å². The van der Waals surface area contributed by atoms with E-state index in [-0.39, 0.29) is 0 Å². The van der Waals surface area contributed by atoms with Crippen LogP contribution in [0.3, 0.4) is 0 Å². The van der Waals surface area contributed by atoms with Crippen molar-refractivity contribution in [3.05, 3.63) is 17.6 Å². The second-order valence-electron chi connectivity index (χ2n) is 5.78. The van der Waals surface area contributed by atoms with Crippen LogP contribution in [0.5, 0.6) is 0 Å². The summed E-state index contributed by atoms with van der Waals surface area (Å²) >= 11 is 0. The van der Waals surface area contributed by atoms with E-state index in [1.165, 1.54) is 0 Å². The summed E-state index contributed by atoms with van der Waals surface area (Å²) in [5, 5.41) is 21.3. The minimum absolute atomic E-state index is 0.300. The van der Waals surface area contributed by atoms with Gasteiger partial charge in [0.1, 0.15) is 11.5 Å². The van der Waals surface area contributed by atoms with Crippen molar-refractivity contribution < 1.29 is 14.3 Å². The molecule has 112 valence electrons. The highest BCUT2D eigenvalue weighted by Gasteiger charge is 2.42. The molecule has 0 bridgehead atoms. The molecule has 0 saturated heterocycles. The molecular formula is C14H18N4O3.